The third-order valence-corrected chi connectivity index (χ3v) is 3.16. The maximum Gasteiger partial charge on any atom is 0.157 e. The van der Waals surface area contributed by atoms with Gasteiger partial charge in [-0.05, 0) is 17.7 Å². The van der Waals surface area contributed by atoms with E-state index < -0.39 is 0 Å². The lowest BCUT2D eigenvalue weighted by molar-refractivity contribution is 0.931. The summed E-state index contributed by atoms with van der Waals surface area (Å²) in [6, 6.07) is 11.9. The zero-order valence-corrected chi connectivity index (χ0v) is 10.7. The summed E-state index contributed by atoms with van der Waals surface area (Å²) in [5, 5.41) is 4.14. The molecule has 0 unspecified atom stereocenters. The van der Waals surface area contributed by atoms with E-state index >= 15 is 0 Å². The Kier molecular flexibility index (Phi) is 2.89. The predicted molar refractivity (Wildman–Crippen MR) is 75.4 cm³/mol. The van der Waals surface area contributed by atoms with Crippen LogP contribution in [0.1, 0.15) is 5.56 Å². The molecule has 19 heavy (non-hydrogen) atoms. The highest BCUT2D eigenvalue weighted by Gasteiger charge is 2.09. The van der Waals surface area contributed by atoms with Crippen LogP contribution in [-0.2, 0) is 6.54 Å². The lowest BCUT2D eigenvalue weighted by Gasteiger charge is -2.21. The van der Waals surface area contributed by atoms with Gasteiger partial charge in [-0.1, -0.05) is 18.2 Å². The first-order valence-electron chi connectivity index (χ1n) is 6.11. The number of benzene rings is 1. The zero-order chi connectivity index (χ0) is 13.2. The third-order valence-electron chi connectivity index (χ3n) is 3.16. The van der Waals surface area contributed by atoms with Crippen molar-refractivity contribution in [3.05, 3.63) is 54.4 Å². The summed E-state index contributed by atoms with van der Waals surface area (Å²) in [5.41, 5.74) is 8.78. The summed E-state index contributed by atoms with van der Waals surface area (Å²) >= 11 is 0. The van der Waals surface area contributed by atoms with Gasteiger partial charge in [0.2, 0.25) is 0 Å². The minimum absolute atomic E-state index is 0.509. The van der Waals surface area contributed by atoms with Crippen molar-refractivity contribution in [1.29, 1.82) is 0 Å². The van der Waals surface area contributed by atoms with Crippen molar-refractivity contribution in [1.82, 2.24) is 14.6 Å². The fourth-order valence-electron chi connectivity index (χ4n) is 2.12. The van der Waals surface area contributed by atoms with Crippen molar-refractivity contribution < 1.29 is 0 Å². The predicted octanol–water partition coefficient (Wildman–Crippen LogP) is 1.96. The number of aromatic nitrogens is 3. The van der Waals surface area contributed by atoms with Gasteiger partial charge in [0, 0.05) is 31.5 Å². The van der Waals surface area contributed by atoms with E-state index in [-0.39, 0.29) is 0 Å². The van der Waals surface area contributed by atoms with Crippen molar-refractivity contribution in [3.8, 4) is 0 Å². The molecule has 0 saturated heterocycles. The lowest BCUT2D eigenvalue weighted by Crippen LogP contribution is -2.15. The van der Waals surface area contributed by atoms with E-state index in [4.69, 9.17) is 5.73 Å². The molecular weight excluding hydrogens is 238 g/mol. The first-order valence-corrected chi connectivity index (χ1v) is 6.11. The number of fused-ring (bicyclic) bond motifs is 1. The molecule has 0 aliphatic carbocycles. The second kappa shape index (κ2) is 4.70. The number of nitrogens with zero attached hydrogens (tertiary/aromatic N) is 4. The standard InChI is InChI=1S/C14H15N5/c1-18(12-5-3-2-4-11(12)10-15)13-7-9-19-14(17-13)6-8-16-19/h2-9H,10,15H2,1H3. The molecule has 2 aromatic heterocycles. The Balaban J connectivity index is 2.04. The fourth-order valence-corrected chi connectivity index (χ4v) is 2.12. The molecule has 3 aromatic rings. The molecule has 5 heteroatoms. The van der Waals surface area contributed by atoms with Crippen molar-refractivity contribution in [2.45, 2.75) is 6.54 Å². The number of anilines is 2. The number of hydrogen-bond donors (Lipinski definition) is 1. The summed E-state index contributed by atoms with van der Waals surface area (Å²) in [4.78, 5) is 6.61. The first-order chi connectivity index (χ1) is 9.29. The minimum atomic E-state index is 0.509. The van der Waals surface area contributed by atoms with Crippen molar-refractivity contribution in [3.63, 3.8) is 0 Å². The average molecular weight is 253 g/mol. The molecule has 0 fully saturated rings. The average Bonchev–Trinajstić information content (AvgIpc) is 2.93. The smallest absolute Gasteiger partial charge is 0.157 e. The van der Waals surface area contributed by atoms with Gasteiger partial charge in [-0.2, -0.15) is 5.10 Å². The topological polar surface area (TPSA) is 59.5 Å². The van der Waals surface area contributed by atoms with E-state index in [2.05, 4.69) is 10.1 Å². The third kappa shape index (κ3) is 2.04. The molecule has 3 rings (SSSR count). The van der Waals surface area contributed by atoms with E-state index in [0.717, 1.165) is 22.7 Å². The molecule has 1 aromatic carbocycles. The van der Waals surface area contributed by atoms with E-state index in [9.17, 15) is 0 Å². The highest BCUT2D eigenvalue weighted by Crippen LogP contribution is 2.25. The maximum absolute atomic E-state index is 5.78. The first kappa shape index (κ1) is 11.7. The Labute approximate surface area is 111 Å². The minimum Gasteiger partial charge on any atom is -0.329 e. The molecule has 0 bridgehead atoms. The van der Waals surface area contributed by atoms with Gasteiger partial charge in [-0.15, -0.1) is 0 Å². The van der Waals surface area contributed by atoms with Crippen LogP contribution in [0.3, 0.4) is 0 Å². The quantitative estimate of drug-likeness (QED) is 0.775. The summed E-state index contributed by atoms with van der Waals surface area (Å²) < 4.78 is 1.74. The Hall–Kier alpha value is -2.40. The van der Waals surface area contributed by atoms with Gasteiger partial charge in [0.05, 0.1) is 6.20 Å². The van der Waals surface area contributed by atoms with Crippen LogP contribution in [0.25, 0.3) is 5.65 Å². The number of rotatable bonds is 3. The van der Waals surface area contributed by atoms with Crippen molar-refractivity contribution in [2.24, 2.45) is 5.73 Å². The van der Waals surface area contributed by atoms with Gasteiger partial charge in [0.15, 0.2) is 5.65 Å². The maximum atomic E-state index is 5.78. The molecule has 0 radical (unpaired) electrons. The van der Waals surface area contributed by atoms with Gasteiger partial charge in [-0.3, -0.25) is 0 Å². The second-order valence-electron chi connectivity index (χ2n) is 4.31. The van der Waals surface area contributed by atoms with Crippen LogP contribution < -0.4 is 10.6 Å². The largest absolute Gasteiger partial charge is 0.329 e. The molecule has 96 valence electrons. The monoisotopic (exact) mass is 253 g/mol. The number of nitrogens with two attached hydrogens (primary N) is 1. The van der Waals surface area contributed by atoms with Gasteiger partial charge >= 0.3 is 0 Å². The molecule has 0 saturated carbocycles. The Morgan fingerprint density at radius 2 is 2.05 bits per heavy atom. The summed E-state index contributed by atoms with van der Waals surface area (Å²) in [6.45, 7) is 0.509. The number of hydrogen-bond acceptors (Lipinski definition) is 4. The zero-order valence-electron chi connectivity index (χ0n) is 10.7. The molecule has 0 aliphatic heterocycles. The van der Waals surface area contributed by atoms with Crippen LogP contribution in [0.2, 0.25) is 0 Å². The number of para-hydroxylation sites is 1. The van der Waals surface area contributed by atoms with Crippen molar-refractivity contribution in [2.75, 3.05) is 11.9 Å². The molecular formula is C14H15N5. The van der Waals surface area contributed by atoms with Gasteiger partial charge in [0.1, 0.15) is 5.82 Å². The van der Waals surface area contributed by atoms with E-state index in [0.29, 0.717) is 6.54 Å². The molecule has 2 heterocycles. The lowest BCUT2D eigenvalue weighted by atomic mass is 10.1. The second-order valence-corrected chi connectivity index (χ2v) is 4.31. The van der Waals surface area contributed by atoms with Gasteiger partial charge in [0.25, 0.3) is 0 Å². The Morgan fingerprint density at radius 1 is 1.21 bits per heavy atom. The normalized spacial score (nSPS) is 10.8. The molecule has 0 aliphatic rings. The van der Waals surface area contributed by atoms with Crippen molar-refractivity contribution >= 4 is 17.2 Å². The van der Waals surface area contributed by atoms with Gasteiger partial charge in [-0.25, -0.2) is 9.50 Å². The van der Waals surface area contributed by atoms with E-state index in [1.807, 2.05) is 54.5 Å². The van der Waals surface area contributed by atoms with Gasteiger partial charge < -0.3 is 10.6 Å². The van der Waals surface area contributed by atoms with E-state index in [1.54, 1.807) is 10.7 Å². The SMILES string of the molecule is CN(c1ccn2nccc2n1)c1ccccc1CN. The summed E-state index contributed by atoms with van der Waals surface area (Å²) in [6.07, 6.45) is 3.64. The highest BCUT2D eigenvalue weighted by molar-refractivity contribution is 5.64. The van der Waals surface area contributed by atoms with Crippen LogP contribution in [-0.4, -0.2) is 21.6 Å². The van der Waals surface area contributed by atoms with Crippen LogP contribution >= 0.6 is 0 Å². The van der Waals surface area contributed by atoms with E-state index in [1.165, 1.54) is 0 Å². The molecule has 5 nitrogen and oxygen atoms in total. The highest BCUT2D eigenvalue weighted by atomic mass is 15.3. The molecule has 2 N–H and O–H groups in total. The van der Waals surface area contributed by atoms with Crippen LogP contribution in [0.5, 0.6) is 0 Å². The van der Waals surface area contributed by atoms with Crippen LogP contribution in [0, 0.1) is 0 Å². The van der Waals surface area contributed by atoms with Crippen LogP contribution in [0.4, 0.5) is 11.5 Å². The van der Waals surface area contributed by atoms with Crippen LogP contribution in [0.15, 0.2) is 48.8 Å². The Morgan fingerprint density at radius 3 is 2.89 bits per heavy atom. The Bertz CT molecular complexity index is 704. The molecule has 0 atom stereocenters. The summed E-state index contributed by atoms with van der Waals surface area (Å²) in [7, 11) is 1.99. The molecule has 0 amide bonds. The molecule has 0 spiro atoms. The fraction of sp³-hybridized carbons (Fsp3) is 0.143. The summed E-state index contributed by atoms with van der Waals surface area (Å²) in [5.74, 6) is 0.869.